The number of ether oxygens (including phenoxy) is 1. The zero-order valence-electron chi connectivity index (χ0n) is 6.01. The van der Waals surface area contributed by atoms with Crippen LogP contribution >= 0.6 is 0 Å². The van der Waals surface area contributed by atoms with Crippen molar-refractivity contribution in [2.24, 2.45) is 0 Å². The van der Waals surface area contributed by atoms with E-state index in [-0.39, 0.29) is 0 Å². The number of hydrogen-bond acceptors (Lipinski definition) is 6. The van der Waals surface area contributed by atoms with Gasteiger partial charge in [0.1, 0.15) is 6.10 Å². The highest BCUT2D eigenvalue weighted by molar-refractivity contribution is 4.77. The molecular formula is C5H12O6. The molecule has 0 spiro atoms. The number of hydrogen-bond donors (Lipinski definition) is 5. The van der Waals surface area contributed by atoms with Crippen LogP contribution in [0.3, 0.4) is 0 Å². The van der Waals surface area contributed by atoms with Crippen LogP contribution < -0.4 is 0 Å². The topological polar surface area (TPSA) is 110 Å². The number of aliphatic hydroxyl groups is 5. The minimum absolute atomic E-state index is 0.721. The lowest BCUT2D eigenvalue weighted by Gasteiger charge is -2.29. The maximum absolute atomic E-state index is 8.82. The van der Waals surface area contributed by atoms with E-state index in [1.54, 1.807) is 0 Å². The van der Waals surface area contributed by atoms with Gasteiger partial charge in [-0.15, -0.1) is 0 Å². The number of aliphatic hydroxyl groups excluding tert-OH is 2. The van der Waals surface area contributed by atoms with Gasteiger partial charge < -0.3 is 30.3 Å². The summed E-state index contributed by atoms with van der Waals surface area (Å²) >= 11 is 0. The van der Waals surface area contributed by atoms with Crippen LogP contribution in [0.15, 0.2) is 0 Å². The van der Waals surface area contributed by atoms with E-state index < -0.39 is 24.8 Å². The van der Waals surface area contributed by atoms with Crippen molar-refractivity contribution < 1.29 is 30.3 Å². The Balaban J connectivity index is 4.24. The summed E-state index contributed by atoms with van der Waals surface area (Å²) in [6, 6.07) is 0. The first-order valence-corrected chi connectivity index (χ1v) is 2.91. The van der Waals surface area contributed by atoms with Crippen molar-refractivity contribution in [1.82, 2.24) is 0 Å². The Morgan fingerprint density at radius 1 is 1.36 bits per heavy atom. The summed E-state index contributed by atoms with van der Waals surface area (Å²) in [5, 5.41) is 42.8. The van der Waals surface area contributed by atoms with Gasteiger partial charge in [-0.05, 0) is 0 Å². The second-order valence-corrected chi connectivity index (χ2v) is 2.06. The van der Waals surface area contributed by atoms with Crippen LogP contribution in [0.25, 0.3) is 0 Å². The molecule has 0 radical (unpaired) electrons. The SMILES string of the molecule is COC(CO)C(O)(O)C(O)O. The molecule has 5 N–H and O–H groups in total. The molecule has 0 aromatic rings. The lowest BCUT2D eigenvalue weighted by atomic mass is 10.1. The molecule has 0 heterocycles. The third-order valence-electron chi connectivity index (χ3n) is 1.30. The lowest BCUT2D eigenvalue weighted by molar-refractivity contribution is -0.332. The van der Waals surface area contributed by atoms with Gasteiger partial charge in [0.15, 0.2) is 0 Å². The molecule has 6 nitrogen and oxygen atoms in total. The van der Waals surface area contributed by atoms with Gasteiger partial charge in [0, 0.05) is 7.11 Å². The lowest BCUT2D eigenvalue weighted by Crippen LogP contribution is -2.54. The van der Waals surface area contributed by atoms with Crippen LogP contribution in [0.1, 0.15) is 0 Å². The summed E-state index contributed by atoms with van der Waals surface area (Å²) in [4.78, 5) is 0. The molecule has 0 rings (SSSR count). The second-order valence-electron chi connectivity index (χ2n) is 2.06. The van der Waals surface area contributed by atoms with E-state index >= 15 is 0 Å². The molecule has 0 saturated heterocycles. The van der Waals surface area contributed by atoms with Crippen molar-refractivity contribution in [2.45, 2.75) is 18.2 Å². The summed E-state index contributed by atoms with van der Waals surface area (Å²) in [6.45, 7) is -0.721. The van der Waals surface area contributed by atoms with Crippen molar-refractivity contribution in [2.75, 3.05) is 13.7 Å². The summed E-state index contributed by atoms with van der Waals surface area (Å²) in [5.41, 5.74) is 0. The molecule has 0 saturated carbocycles. The highest BCUT2D eigenvalue weighted by atomic mass is 16.6. The minimum Gasteiger partial charge on any atom is -0.393 e. The second kappa shape index (κ2) is 3.96. The van der Waals surface area contributed by atoms with Crippen LogP contribution in [0.4, 0.5) is 0 Å². The summed E-state index contributed by atoms with van der Waals surface area (Å²) in [5.74, 6) is -2.84. The fraction of sp³-hybridized carbons (Fsp3) is 1.00. The van der Waals surface area contributed by atoms with Crippen molar-refractivity contribution in [3.8, 4) is 0 Å². The quantitative estimate of drug-likeness (QED) is 0.286. The summed E-state index contributed by atoms with van der Waals surface area (Å²) < 4.78 is 4.36. The number of rotatable bonds is 4. The molecule has 0 bridgehead atoms. The van der Waals surface area contributed by atoms with Crippen molar-refractivity contribution in [3.05, 3.63) is 0 Å². The van der Waals surface area contributed by atoms with Gasteiger partial charge in [0.25, 0.3) is 0 Å². The number of methoxy groups -OCH3 is 1. The van der Waals surface area contributed by atoms with Crippen molar-refractivity contribution >= 4 is 0 Å². The Labute approximate surface area is 63.3 Å². The van der Waals surface area contributed by atoms with Crippen LogP contribution in [0.2, 0.25) is 0 Å². The van der Waals surface area contributed by atoms with Gasteiger partial charge in [-0.1, -0.05) is 0 Å². The fourth-order valence-corrected chi connectivity index (χ4v) is 0.549. The first-order valence-electron chi connectivity index (χ1n) is 2.91. The highest BCUT2D eigenvalue weighted by Gasteiger charge is 2.41. The molecule has 0 amide bonds. The van der Waals surface area contributed by atoms with Crippen molar-refractivity contribution in [1.29, 1.82) is 0 Å². The predicted octanol–water partition coefficient (Wildman–Crippen LogP) is -3.01. The highest BCUT2D eigenvalue weighted by Crippen LogP contribution is 2.12. The molecule has 0 fully saturated rings. The Morgan fingerprint density at radius 3 is 1.91 bits per heavy atom. The first kappa shape index (κ1) is 10.8. The van der Waals surface area contributed by atoms with Crippen LogP contribution in [0, 0.1) is 0 Å². The zero-order chi connectivity index (χ0) is 9.07. The van der Waals surface area contributed by atoms with Gasteiger partial charge >= 0.3 is 0 Å². The Morgan fingerprint density at radius 2 is 1.82 bits per heavy atom. The summed E-state index contributed by atoms with van der Waals surface area (Å²) in [7, 11) is 1.10. The molecule has 0 aliphatic rings. The van der Waals surface area contributed by atoms with Crippen LogP contribution in [-0.4, -0.2) is 57.4 Å². The van der Waals surface area contributed by atoms with Gasteiger partial charge in [0.05, 0.1) is 6.61 Å². The normalized spacial score (nSPS) is 15.5. The molecule has 0 aliphatic heterocycles. The molecule has 1 atom stereocenters. The van der Waals surface area contributed by atoms with E-state index in [4.69, 9.17) is 25.5 Å². The summed E-state index contributed by atoms with van der Waals surface area (Å²) in [6.07, 6.45) is -3.82. The van der Waals surface area contributed by atoms with E-state index in [0.717, 1.165) is 7.11 Å². The molecular weight excluding hydrogens is 156 g/mol. The average molecular weight is 168 g/mol. The van der Waals surface area contributed by atoms with Crippen LogP contribution in [0.5, 0.6) is 0 Å². The standard InChI is InChI=1S/C5H12O6/c1-11-3(2-6)5(9,10)4(7)8/h3-4,6-10H,2H2,1H3. The third kappa shape index (κ3) is 2.37. The Hall–Kier alpha value is -0.240. The monoisotopic (exact) mass is 168 g/mol. The predicted molar refractivity (Wildman–Crippen MR) is 33.3 cm³/mol. The fourth-order valence-electron chi connectivity index (χ4n) is 0.549. The molecule has 0 aliphatic carbocycles. The average Bonchev–Trinajstić information content (AvgIpc) is 1.89. The van der Waals surface area contributed by atoms with Crippen LogP contribution in [-0.2, 0) is 4.74 Å². The van der Waals surface area contributed by atoms with Crippen molar-refractivity contribution in [3.63, 3.8) is 0 Å². The van der Waals surface area contributed by atoms with E-state index in [9.17, 15) is 0 Å². The maximum Gasteiger partial charge on any atom is 0.244 e. The molecule has 11 heavy (non-hydrogen) atoms. The maximum atomic E-state index is 8.82. The molecule has 6 heteroatoms. The molecule has 1 unspecified atom stereocenters. The smallest absolute Gasteiger partial charge is 0.244 e. The zero-order valence-corrected chi connectivity index (χ0v) is 6.01. The Kier molecular flexibility index (Phi) is 3.87. The largest absolute Gasteiger partial charge is 0.393 e. The molecule has 68 valence electrons. The van der Waals surface area contributed by atoms with Gasteiger partial charge in [-0.2, -0.15) is 0 Å². The van der Waals surface area contributed by atoms with E-state index in [1.165, 1.54) is 0 Å². The van der Waals surface area contributed by atoms with E-state index in [2.05, 4.69) is 4.74 Å². The van der Waals surface area contributed by atoms with E-state index in [0.29, 0.717) is 0 Å². The van der Waals surface area contributed by atoms with Gasteiger partial charge in [0.2, 0.25) is 12.1 Å². The first-order chi connectivity index (χ1) is 4.96. The molecule has 0 aromatic heterocycles. The minimum atomic E-state index is -2.84. The third-order valence-corrected chi connectivity index (χ3v) is 1.30. The van der Waals surface area contributed by atoms with Gasteiger partial charge in [-0.3, -0.25) is 0 Å². The molecule has 0 aromatic carbocycles. The van der Waals surface area contributed by atoms with E-state index in [1.807, 2.05) is 0 Å². The Bertz CT molecular complexity index is 108. The van der Waals surface area contributed by atoms with Gasteiger partial charge in [-0.25, -0.2) is 0 Å².